The second kappa shape index (κ2) is 6.60. The Balaban J connectivity index is 2.26. The van der Waals surface area contributed by atoms with Crippen LogP contribution in [0.25, 0.3) is 0 Å². The molecule has 6 nitrogen and oxygen atoms in total. The first-order valence-electron chi connectivity index (χ1n) is 6.42. The van der Waals surface area contributed by atoms with Crippen molar-refractivity contribution in [3.63, 3.8) is 0 Å². The summed E-state index contributed by atoms with van der Waals surface area (Å²) in [5.41, 5.74) is 7.99. The maximum absolute atomic E-state index is 8.84. The molecule has 3 N–H and O–H groups in total. The summed E-state index contributed by atoms with van der Waals surface area (Å²) in [7, 11) is 3.56. The third-order valence-electron chi connectivity index (χ3n) is 3.10. The number of nitrogens with two attached hydrogens (primary N) is 1. The zero-order valence-corrected chi connectivity index (χ0v) is 12.0. The van der Waals surface area contributed by atoms with E-state index >= 15 is 0 Å². The van der Waals surface area contributed by atoms with Gasteiger partial charge in [0.15, 0.2) is 5.84 Å². The van der Waals surface area contributed by atoms with E-state index in [9.17, 15) is 0 Å². The molecule has 2 rings (SSSR count). The molecule has 0 radical (unpaired) electrons. The number of oxime groups is 1. The Kier molecular flexibility index (Phi) is 4.61. The topological polar surface area (TPSA) is 84.0 Å². The lowest BCUT2D eigenvalue weighted by molar-refractivity contribution is 0.318. The van der Waals surface area contributed by atoms with Crippen molar-refractivity contribution in [2.45, 2.75) is 6.54 Å². The van der Waals surface area contributed by atoms with Gasteiger partial charge in [-0.05, 0) is 29.8 Å². The molecule has 0 saturated carbocycles. The predicted octanol–water partition coefficient (Wildman–Crippen LogP) is 1.82. The van der Waals surface area contributed by atoms with Gasteiger partial charge >= 0.3 is 0 Å². The van der Waals surface area contributed by atoms with Crippen LogP contribution in [0.2, 0.25) is 0 Å². The lowest BCUT2D eigenvalue weighted by Gasteiger charge is -2.21. The van der Waals surface area contributed by atoms with Gasteiger partial charge in [0, 0.05) is 19.8 Å². The zero-order chi connectivity index (χ0) is 15.2. The van der Waals surface area contributed by atoms with Gasteiger partial charge in [-0.3, -0.25) is 4.98 Å². The fourth-order valence-corrected chi connectivity index (χ4v) is 2.08. The Bertz CT molecular complexity index is 643. The van der Waals surface area contributed by atoms with Crippen LogP contribution >= 0.6 is 0 Å². The van der Waals surface area contributed by atoms with Crippen LogP contribution in [0.4, 0.5) is 5.69 Å². The summed E-state index contributed by atoms with van der Waals surface area (Å²) in [6, 6.07) is 11.5. The first-order valence-corrected chi connectivity index (χ1v) is 6.42. The summed E-state index contributed by atoms with van der Waals surface area (Å²) in [5.74, 6) is 0.798. The smallest absolute Gasteiger partial charge is 0.190 e. The van der Waals surface area contributed by atoms with Crippen molar-refractivity contribution in [2.24, 2.45) is 10.9 Å². The third kappa shape index (κ3) is 3.42. The number of benzene rings is 1. The summed E-state index contributed by atoms with van der Waals surface area (Å²) >= 11 is 0. The minimum Gasteiger partial charge on any atom is -0.497 e. The van der Waals surface area contributed by atoms with Gasteiger partial charge in [0.2, 0.25) is 0 Å². The molecule has 2 aromatic rings. The molecule has 0 saturated heterocycles. The van der Waals surface area contributed by atoms with E-state index in [1.54, 1.807) is 13.3 Å². The third-order valence-corrected chi connectivity index (χ3v) is 3.10. The fraction of sp³-hybridized carbons (Fsp3) is 0.200. The molecule has 0 spiro atoms. The van der Waals surface area contributed by atoms with Gasteiger partial charge in [-0.15, -0.1) is 0 Å². The van der Waals surface area contributed by atoms with Crippen LogP contribution in [0.1, 0.15) is 11.3 Å². The summed E-state index contributed by atoms with van der Waals surface area (Å²) < 4.78 is 5.22. The van der Waals surface area contributed by atoms with Crippen molar-refractivity contribution in [1.29, 1.82) is 0 Å². The van der Waals surface area contributed by atoms with E-state index in [1.165, 1.54) is 0 Å². The molecular formula is C15H18N4O2. The average molecular weight is 286 g/mol. The maximum Gasteiger partial charge on any atom is 0.190 e. The number of ether oxygens (including phenoxy) is 1. The Labute approximate surface area is 123 Å². The Morgan fingerprint density at radius 2 is 2.19 bits per heavy atom. The van der Waals surface area contributed by atoms with Gasteiger partial charge in [0.05, 0.1) is 12.8 Å². The van der Waals surface area contributed by atoms with Crippen LogP contribution in [0.15, 0.2) is 47.8 Å². The number of amidine groups is 1. The molecule has 0 aliphatic carbocycles. The van der Waals surface area contributed by atoms with E-state index in [-0.39, 0.29) is 5.84 Å². The quantitative estimate of drug-likeness (QED) is 0.379. The van der Waals surface area contributed by atoms with Crippen LogP contribution in [-0.2, 0) is 6.54 Å². The van der Waals surface area contributed by atoms with Crippen LogP contribution in [0.5, 0.6) is 5.75 Å². The van der Waals surface area contributed by atoms with Crippen LogP contribution in [0.3, 0.4) is 0 Å². The second-order valence-electron chi connectivity index (χ2n) is 4.56. The van der Waals surface area contributed by atoms with Crippen LogP contribution in [0, 0.1) is 0 Å². The highest BCUT2D eigenvalue weighted by Crippen LogP contribution is 2.20. The molecule has 21 heavy (non-hydrogen) atoms. The lowest BCUT2D eigenvalue weighted by Crippen LogP contribution is -2.23. The van der Waals surface area contributed by atoms with Gasteiger partial charge in [-0.2, -0.15) is 0 Å². The first kappa shape index (κ1) is 14.6. The summed E-state index contributed by atoms with van der Waals surface area (Å²) in [6.07, 6.45) is 1.61. The van der Waals surface area contributed by atoms with E-state index in [2.05, 4.69) is 10.1 Å². The van der Waals surface area contributed by atoms with Gasteiger partial charge in [0.1, 0.15) is 11.4 Å². The summed E-state index contributed by atoms with van der Waals surface area (Å²) in [4.78, 5) is 6.15. The van der Waals surface area contributed by atoms with Gasteiger partial charge in [0.25, 0.3) is 0 Å². The summed E-state index contributed by atoms with van der Waals surface area (Å²) in [6.45, 7) is 0.647. The molecule has 1 heterocycles. The highest BCUT2D eigenvalue weighted by molar-refractivity contribution is 6.00. The predicted molar refractivity (Wildman–Crippen MR) is 81.8 cm³/mol. The molecule has 110 valence electrons. The van der Waals surface area contributed by atoms with Gasteiger partial charge in [-0.25, -0.2) is 0 Å². The normalized spacial score (nSPS) is 11.2. The van der Waals surface area contributed by atoms with Crippen molar-refractivity contribution in [2.75, 3.05) is 19.1 Å². The van der Waals surface area contributed by atoms with E-state index in [0.29, 0.717) is 12.2 Å². The van der Waals surface area contributed by atoms with Crippen molar-refractivity contribution in [3.05, 3.63) is 53.9 Å². The van der Waals surface area contributed by atoms with Crippen LogP contribution < -0.4 is 15.4 Å². The van der Waals surface area contributed by atoms with E-state index in [4.69, 9.17) is 15.7 Å². The van der Waals surface area contributed by atoms with Crippen LogP contribution in [-0.4, -0.2) is 30.2 Å². The molecule has 0 amide bonds. The number of aromatic nitrogens is 1. The second-order valence-corrected chi connectivity index (χ2v) is 4.56. The summed E-state index contributed by atoms with van der Waals surface area (Å²) in [5, 5.41) is 11.9. The van der Waals surface area contributed by atoms with E-state index in [0.717, 1.165) is 17.0 Å². The number of anilines is 1. The van der Waals surface area contributed by atoms with Crippen molar-refractivity contribution in [3.8, 4) is 5.75 Å². The highest BCUT2D eigenvalue weighted by atomic mass is 16.5. The molecule has 0 bridgehead atoms. The monoisotopic (exact) mass is 286 g/mol. The van der Waals surface area contributed by atoms with Crippen molar-refractivity contribution in [1.82, 2.24) is 4.98 Å². The van der Waals surface area contributed by atoms with Gasteiger partial charge < -0.3 is 20.6 Å². The molecule has 6 heteroatoms. The van der Waals surface area contributed by atoms with E-state index in [1.807, 2.05) is 48.3 Å². The number of nitrogens with zero attached hydrogens (tertiary/aromatic N) is 3. The minimum atomic E-state index is -0.0110. The molecule has 1 aromatic carbocycles. The Morgan fingerprint density at radius 1 is 1.38 bits per heavy atom. The SMILES string of the molecule is COc1cccc(CN(C)c2cccnc2/C(N)=N/O)c1. The molecule has 0 unspecified atom stereocenters. The van der Waals surface area contributed by atoms with Crippen molar-refractivity contribution < 1.29 is 9.94 Å². The largest absolute Gasteiger partial charge is 0.497 e. The molecule has 0 aliphatic heterocycles. The maximum atomic E-state index is 8.84. The molecule has 0 aliphatic rings. The van der Waals surface area contributed by atoms with Gasteiger partial charge in [-0.1, -0.05) is 17.3 Å². The zero-order valence-electron chi connectivity index (χ0n) is 12.0. The molecular weight excluding hydrogens is 268 g/mol. The van der Waals surface area contributed by atoms with Crippen molar-refractivity contribution >= 4 is 11.5 Å². The highest BCUT2D eigenvalue weighted by Gasteiger charge is 2.12. The molecule has 0 fully saturated rings. The minimum absolute atomic E-state index is 0.0110. The number of hydrogen-bond donors (Lipinski definition) is 2. The number of rotatable bonds is 5. The Hall–Kier alpha value is -2.76. The molecule has 0 atom stereocenters. The number of pyridine rings is 1. The first-order chi connectivity index (χ1) is 10.2. The number of hydrogen-bond acceptors (Lipinski definition) is 5. The lowest BCUT2D eigenvalue weighted by atomic mass is 10.2. The Morgan fingerprint density at radius 3 is 2.90 bits per heavy atom. The molecule has 1 aromatic heterocycles. The standard InChI is InChI=1S/C15H18N4O2/c1-19(10-11-5-3-6-12(9-11)21-2)13-7-4-8-17-14(13)15(16)18-20/h3-9,20H,10H2,1-2H3,(H2,16,18). The fourth-order valence-electron chi connectivity index (χ4n) is 2.08. The average Bonchev–Trinajstić information content (AvgIpc) is 2.54. The number of methoxy groups -OCH3 is 1. The van der Waals surface area contributed by atoms with E-state index < -0.39 is 0 Å².